The van der Waals surface area contributed by atoms with Gasteiger partial charge in [-0.1, -0.05) is 12.1 Å². The van der Waals surface area contributed by atoms with E-state index < -0.39 is 35.7 Å². The zero-order valence-electron chi connectivity index (χ0n) is 19.1. The van der Waals surface area contributed by atoms with Crippen molar-refractivity contribution < 1.29 is 28.6 Å². The van der Waals surface area contributed by atoms with Gasteiger partial charge >= 0.3 is 6.03 Å². The fourth-order valence-corrected chi connectivity index (χ4v) is 4.28. The van der Waals surface area contributed by atoms with Gasteiger partial charge < -0.3 is 25.0 Å². The number of carbonyl (C=O) groups is 3. The molecule has 3 N–H and O–H groups in total. The Balaban J connectivity index is 1.60. The van der Waals surface area contributed by atoms with Crippen molar-refractivity contribution in [1.82, 2.24) is 19.8 Å². The van der Waals surface area contributed by atoms with Crippen LogP contribution in [-0.4, -0.2) is 56.7 Å². The number of nitrogens with zero attached hydrogens (tertiary/aromatic N) is 3. The summed E-state index contributed by atoms with van der Waals surface area (Å²) in [7, 11) is 1.73. The van der Waals surface area contributed by atoms with Crippen molar-refractivity contribution >= 4 is 46.1 Å². The smallest absolute Gasteiger partial charge is 0.325 e. The minimum Gasteiger partial charge on any atom is -0.491 e. The summed E-state index contributed by atoms with van der Waals surface area (Å²) in [5.74, 6) is -1.47. The maximum Gasteiger partial charge on any atom is 0.325 e. The van der Waals surface area contributed by atoms with Gasteiger partial charge in [0.05, 0.1) is 18.6 Å². The van der Waals surface area contributed by atoms with Gasteiger partial charge in [0.15, 0.2) is 0 Å². The van der Waals surface area contributed by atoms with Crippen LogP contribution in [0.3, 0.4) is 0 Å². The average Bonchev–Trinajstić information content (AvgIpc) is 3.39. The van der Waals surface area contributed by atoms with Crippen LogP contribution in [0.4, 0.5) is 14.9 Å². The highest BCUT2D eigenvalue weighted by molar-refractivity contribution is 14.1. The second-order valence-electron chi connectivity index (χ2n) is 8.06. The third kappa shape index (κ3) is 5.49. The summed E-state index contributed by atoms with van der Waals surface area (Å²) >= 11 is 1.95. The number of aliphatic hydroxyl groups is 1. The molecule has 3 aromatic rings. The Morgan fingerprint density at radius 2 is 2.03 bits per heavy atom. The number of aryl methyl sites for hydroxylation is 1. The van der Waals surface area contributed by atoms with E-state index in [4.69, 9.17) is 9.84 Å². The first-order chi connectivity index (χ1) is 17.3. The van der Waals surface area contributed by atoms with E-state index in [2.05, 4.69) is 15.6 Å². The fraction of sp³-hybridized carbons (Fsp3) is 0.250. The second kappa shape index (κ2) is 11.0. The SMILES string of the molecule is Cn1cncc1CC(C(=O)Nc1ccc(I)cc1F)N1C(=O)NC(c2ccc(OCCO)cc2)C1=O. The van der Waals surface area contributed by atoms with Gasteiger partial charge in [0, 0.05) is 28.9 Å². The molecule has 1 aromatic heterocycles. The minimum absolute atomic E-state index is 0.0197. The lowest BCUT2D eigenvalue weighted by Crippen LogP contribution is -2.49. The first kappa shape index (κ1) is 25.6. The summed E-state index contributed by atoms with van der Waals surface area (Å²) in [6, 6.07) is 7.79. The predicted molar refractivity (Wildman–Crippen MR) is 136 cm³/mol. The molecule has 1 fully saturated rings. The molecule has 0 bridgehead atoms. The molecule has 1 aliphatic heterocycles. The third-order valence-corrected chi connectivity index (χ3v) is 6.34. The lowest BCUT2D eigenvalue weighted by Gasteiger charge is -2.25. The van der Waals surface area contributed by atoms with E-state index in [-0.39, 0.29) is 25.3 Å². The van der Waals surface area contributed by atoms with Crippen molar-refractivity contribution in [2.24, 2.45) is 7.05 Å². The van der Waals surface area contributed by atoms with Crippen LogP contribution in [0.5, 0.6) is 5.75 Å². The molecule has 10 nitrogen and oxygen atoms in total. The Morgan fingerprint density at radius 3 is 2.67 bits per heavy atom. The van der Waals surface area contributed by atoms with Crippen LogP contribution in [0.1, 0.15) is 17.3 Å². The Labute approximate surface area is 219 Å². The van der Waals surface area contributed by atoms with Crippen LogP contribution in [0.15, 0.2) is 55.0 Å². The van der Waals surface area contributed by atoms with Gasteiger partial charge in [-0.3, -0.25) is 9.59 Å². The molecule has 12 heteroatoms. The number of imide groups is 1. The number of anilines is 1. The molecule has 2 atom stereocenters. The first-order valence-corrected chi connectivity index (χ1v) is 12.0. The molecule has 0 spiro atoms. The molecule has 4 amide bonds. The molecule has 2 heterocycles. The number of aromatic nitrogens is 2. The van der Waals surface area contributed by atoms with Crippen LogP contribution in [0, 0.1) is 9.39 Å². The number of rotatable bonds is 9. The quantitative estimate of drug-likeness (QED) is 0.254. The van der Waals surface area contributed by atoms with Crippen molar-refractivity contribution in [2.45, 2.75) is 18.5 Å². The van der Waals surface area contributed by atoms with E-state index in [9.17, 15) is 18.8 Å². The van der Waals surface area contributed by atoms with Crippen molar-refractivity contribution in [3.05, 3.63) is 75.6 Å². The number of hydrogen-bond donors (Lipinski definition) is 3. The molecular formula is C24H23FIN5O5. The minimum atomic E-state index is -1.26. The number of amides is 4. The van der Waals surface area contributed by atoms with Crippen molar-refractivity contribution in [3.63, 3.8) is 0 Å². The molecule has 2 aromatic carbocycles. The summed E-state index contributed by atoms with van der Waals surface area (Å²) in [5, 5.41) is 14.0. The van der Waals surface area contributed by atoms with Crippen molar-refractivity contribution in [2.75, 3.05) is 18.5 Å². The van der Waals surface area contributed by atoms with E-state index in [0.717, 1.165) is 4.90 Å². The van der Waals surface area contributed by atoms with E-state index in [1.165, 1.54) is 24.7 Å². The number of aliphatic hydroxyl groups excluding tert-OH is 1. The number of carbonyl (C=O) groups excluding carboxylic acids is 3. The summed E-state index contributed by atoms with van der Waals surface area (Å²) in [6.45, 7) is -0.0156. The molecule has 0 aliphatic carbocycles. The van der Waals surface area contributed by atoms with E-state index in [1.807, 2.05) is 22.6 Å². The zero-order valence-corrected chi connectivity index (χ0v) is 21.3. The third-order valence-electron chi connectivity index (χ3n) is 5.67. The molecular weight excluding hydrogens is 584 g/mol. The molecule has 36 heavy (non-hydrogen) atoms. The van der Waals surface area contributed by atoms with Gasteiger partial charge in [0.2, 0.25) is 5.91 Å². The number of ether oxygens (including phenoxy) is 1. The Kier molecular flexibility index (Phi) is 7.84. The van der Waals surface area contributed by atoms with Gasteiger partial charge in [-0.05, 0) is 58.5 Å². The number of nitrogens with one attached hydrogen (secondary N) is 2. The van der Waals surface area contributed by atoms with Crippen LogP contribution in [0.2, 0.25) is 0 Å². The molecule has 0 saturated carbocycles. The summed E-state index contributed by atoms with van der Waals surface area (Å²) < 4.78 is 22.1. The molecule has 188 valence electrons. The number of hydrogen-bond acceptors (Lipinski definition) is 6. The Bertz CT molecular complexity index is 1280. The highest BCUT2D eigenvalue weighted by Gasteiger charge is 2.45. The molecule has 2 unspecified atom stereocenters. The van der Waals surface area contributed by atoms with E-state index in [0.29, 0.717) is 20.6 Å². The lowest BCUT2D eigenvalue weighted by atomic mass is 10.0. The van der Waals surface area contributed by atoms with Gasteiger partial charge in [0.1, 0.15) is 30.3 Å². The topological polar surface area (TPSA) is 126 Å². The van der Waals surface area contributed by atoms with Gasteiger partial charge in [0.25, 0.3) is 5.91 Å². The Hall–Kier alpha value is -3.52. The van der Waals surface area contributed by atoms with E-state index >= 15 is 0 Å². The number of urea groups is 1. The van der Waals surface area contributed by atoms with Crippen LogP contribution in [0.25, 0.3) is 0 Å². The normalized spacial score (nSPS) is 16.1. The average molecular weight is 607 g/mol. The summed E-state index contributed by atoms with van der Waals surface area (Å²) in [6.07, 6.45) is 3.05. The van der Waals surface area contributed by atoms with Crippen LogP contribution >= 0.6 is 22.6 Å². The standard InChI is InChI=1S/C24H23FIN5O5/c1-30-13-27-12-16(30)11-20(22(33)28-19-7-4-15(26)10-18(19)25)31-23(34)21(29-24(31)35)14-2-5-17(6-3-14)36-9-8-32/h2-7,10,12-13,20-21,32H,8-9,11H2,1H3,(H,28,33)(H,29,35). The molecule has 1 aliphatic rings. The fourth-order valence-electron chi connectivity index (χ4n) is 3.82. The van der Waals surface area contributed by atoms with Crippen LogP contribution < -0.4 is 15.4 Å². The summed E-state index contributed by atoms with van der Waals surface area (Å²) in [5.41, 5.74) is 1.04. The Morgan fingerprint density at radius 1 is 1.28 bits per heavy atom. The van der Waals surface area contributed by atoms with Crippen LogP contribution in [-0.2, 0) is 23.1 Å². The van der Waals surface area contributed by atoms with Crippen molar-refractivity contribution in [1.29, 1.82) is 0 Å². The van der Waals surface area contributed by atoms with E-state index in [1.54, 1.807) is 41.9 Å². The zero-order chi connectivity index (χ0) is 25.8. The lowest BCUT2D eigenvalue weighted by molar-refractivity contribution is -0.134. The molecule has 1 saturated heterocycles. The van der Waals surface area contributed by atoms with Crippen molar-refractivity contribution in [3.8, 4) is 5.75 Å². The summed E-state index contributed by atoms with van der Waals surface area (Å²) in [4.78, 5) is 44.6. The van der Waals surface area contributed by atoms with Gasteiger partial charge in [-0.15, -0.1) is 0 Å². The highest BCUT2D eigenvalue weighted by atomic mass is 127. The number of benzene rings is 2. The molecule has 0 radical (unpaired) electrons. The number of imidazole rings is 1. The maximum atomic E-state index is 14.4. The first-order valence-electron chi connectivity index (χ1n) is 11.0. The largest absolute Gasteiger partial charge is 0.491 e. The van der Waals surface area contributed by atoms with Gasteiger partial charge in [-0.25, -0.2) is 19.1 Å². The highest BCUT2D eigenvalue weighted by Crippen LogP contribution is 2.27. The monoisotopic (exact) mass is 607 g/mol. The number of halogens is 2. The molecule has 4 rings (SSSR count). The predicted octanol–water partition coefficient (Wildman–Crippen LogP) is 2.38. The van der Waals surface area contributed by atoms with Gasteiger partial charge in [-0.2, -0.15) is 0 Å². The maximum absolute atomic E-state index is 14.4. The second-order valence-corrected chi connectivity index (χ2v) is 9.31.